The summed E-state index contributed by atoms with van der Waals surface area (Å²) >= 11 is 0. The normalized spacial score (nSPS) is 15.3. The van der Waals surface area contributed by atoms with Gasteiger partial charge in [0.1, 0.15) is 23.3 Å². The zero-order valence-electron chi connectivity index (χ0n) is 13.1. The Hall–Kier alpha value is -2.61. The number of aryl methyl sites for hydroxylation is 1. The third-order valence-corrected chi connectivity index (χ3v) is 4.18. The lowest BCUT2D eigenvalue weighted by Crippen LogP contribution is -2.39. The maximum absolute atomic E-state index is 13.7. The second kappa shape index (κ2) is 6.66. The fraction of sp³-hybridized carbons (Fsp3) is 0.333. The average molecular weight is 310 g/mol. The molecule has 2 heterocycles. The summed E-state index contributed by atoms with van der Waals surface area (Å²) in [4.78, 5) is 6.55. The molecule has 0 spiro atoms. The number of piperidine rings is 1. The van der Waals surface area contributed by atoms with Crippen molar-refractivity contribution in [2.45, 2.75) is 25.8 Å². The van der Waals surface area contributed by atoms with Crippen molar-refractivity contribution in [1.82, 2.24) is 4.98 Å². The molecule has 23 heavy (non-hydrogen) atoms. The molecule has 0 amide bonds. The van der Waals surface area contributed by atoms with E-state index in [1.54, 1.807) is 6.07 Å². The maximum Gasteiger partial charge on any atom is 0.143 e. The summed E-state index contributed by atoms with van der Waals surface area (Å²) in [5, 5.41) is 12.6. The molecule has 1 aromatic heterocycles. The molecule has 0 unspecified atom stereocenters. The smallest absolute Gasteiger partial charge is 0.143 e. The van der Waals surface area contributed by atoms with Gasteiger partial charge in [0, 0.05) is 24.8 Å². The van der Waals surface area contributed by atoms with Crippen LogP contribution in [0.25, 0.3) is 0 Å². The quantitative estimate of drug-likeness (QED) is 0.943. The van der Waals surface area contributed by atoms with Gasteiger partial charge in [0.25, 0.3) is 0 Å². The van der Waals surface area contributed by atoms with E-state index in [9.17, 15) is 4.39 Å². The van der Waals surface area contributed by atoms with Gasteiger partial charge in [-0.15, -0.1) is 0 Å². The average Bonchev–Trinajstić information content (AvgIpc) is 2.55. The predicted octanol–water partition coefficient (Wildman–Crippen LogP) is 3.48. The fourth-order valence-corrected chi connectivity index (χ4v) is 2.98. The van der Waals surface area contributed by atoms with Gasteiger partial charge >= 0.3 is 0 Å². The van der Waals surface area contributed by atoms with Crippen molar-refractivity contribution >= 4 is 11.5 Å². The van der Waals surface area contributed by atoms with Crippen molar-refractivity contribution < 1.29 is 4.39 Å². The summed E-state index contributed by atoms with van der Waals surface area (Å²) in [5.74, 6) is 0.445. The van der Waals surface area contributed by atoms with Gasteiger partial charge in [0.05, 0.1) is 5.69 Å². The highest BCUT2D eigenvalue weighted by molar-refractivity contribution is 5.60. The van der Waals surface area contributed by atoms with Gasteiger partial charge in [-0.3, -0.25) is 0 Å². The first-order chi connectivity index (χ1) is 11.2. The Kier molecular flexibility index (Phi) is 4.42. The van der Waals surface area contributed by atoms with Crippen LogP contribution >= 0.6 is 0 Å². The van der Waals surface area contributed by atoms with Gasteiger partial charge in [-0.2, -0.15) is 5.26 Å². The van der Waals surface area contributed by atoms with E-state index in [1.165, 1.54) is 6.07 Å². The van der Waals surface area contributed by atoms with Crippen LogP contribution in [0.4, 0.5) is 15.9 Å². The van der Waals surface area contributed by atoms with E-state index in [0.717, 1.165) is 37.4 Å². The van der Waals surface area contributed by atoms with E-state index in [1.807, 2.05) is 37.3 Å². The van der Waals surface area contributed by atoms with Crippen molar-refractivity contribution in [3.63, 3.8) is 0 Å². The standard InChI is InChI=1S/C18H19FN4/c1-13-4-2-7-18(21-13)22-14-8-10-23(11-9-14)17-6-3-5-16(19)15(17)12-20/h2-7,14H,8-11H2,1H3,(H,21,22). The molecule has 118 valence electrons. The Bertz CT molecular complexity index is 730. The molecule has 0 radical (unpaired) electrons. The lowest BCUT2D eigenvalue weighted by molar-refractivity contribution is 0.523. The summed E-state index contributed by atoms with van der Waals surface area (Å²) in [5.41, 5.74) is 1.82. The molecule has 1 aromatic carbocycles. The van der Waals surface area contributed by atoms with Gasteiger partial charge in [-0.1, -0.05) is 12.1 Å². The van der Waals surface area contributed by atoms with Crippen LogP contribution in [-0.4, -0.2) is 24.1 Å². The number of nitrogens with one attached hydrogen (secondary N) is 1. The molecule has 0 bridgehead atoms. The van der Waals surface area contributed by atoms with E-state index >= 15 is 0 Å². The Labute approximate surface area is 135 Å². The Morgan fingerprint density at radius 1 is 1.22 bits per heavy atom. The molecule has 1 aliphatic rings. The highest BCUT2D eigenvalue weighted by Crippen LogP contribution is 2.26. The first-order valence-electron chi connectivity index (χ1n) is 7.81. The van der Waals surface area contributed by atoms with Crippen LogP contribution < -0.4 is 10.2 Å². The third kappa shape index (κ3) is 3.42. The number of rotatable bonds is 3. The first kappa shape index (κ1) is 15.3. The van der Waals surface area contributed by atoms with Crippen LogP contribution in [0.15, 0.2) is 36.4 Å². The summed E-state index contributed by atoms with van der Waals surface area (Å²) in [6, 6.07) is 13.1. The van der Waals surface area contributed by atoms with Crippen LogP contribution in [-0.2, 0) is 0 Å². The van der Waals surface area contributed by atoms with Gasteiger partial charge in [0.2, 0.25) is 0 Å². The van der Waals surface area contributed by atoms with Crippen LogP contribution in [0.3, 0.4) is 0 Å². The minimum Gasteiger partial charge on any atom is -0.370 e. The largest absolute Gasteiger partial charge is 0.370 e. The lowest BCUT2D eigenvalue weighted by Gasteiger charge is -2.34. The molecule has 1 saturated heterocycles. The molecule has 1 N–H and O–H groups in total. The van der Waals surface area contributed by atoms with Gasteiger partial charge in [0.15, 0.2) is 0 Å². The number of nitrogens with zero attached hydrogens (tertiary/aromatic N) is 3. The van der Waals surface area contributed by atoms with Crippen LogP contribution in [0.5, 0.6) is 0 Å². The summed E-state index contributed by atoms with van der Waals surface area (Å²) in [6.07, 6.45) is 1.86. The molecule has 5 heteroatoms. The van der Waals surface area contributed by atoms with Gasteiger partial charge in [-0.25, -0.2) is 9.37 Å². The minimum atomic E-state index is -0.450. The highest BCUT2D eigenvalue weighted by atomic mass is 19.1. The van der Waals surface area contributed by atoms with E-state index < -0.39 is 5.82 Å². The molecule has 0 atom stereocenters. The number of hydrogen-bond acceptors (Lipinski definition) is 4. The number of aromatic nitrogens is 1. The molecule has 0 saturated carbocycles. The van der Waals surface area contributed by atoms with E-state index in [-0.39, 0.29) is 5.56 Å². The second-order valence-electron chi connectivity index (χ2n) is 5.82. The van der Waals surface area contributed by atoms with Crippen LogP contribution in [0, 0.1) is 24.1 Å². The Morgan fingerprint density at radius 2 is 1.96 bits per heavy atom. The number of pyridine rings is 1. The molecular formula is C18H19FN4. The molecule has 4 nitrogen and oxygen atoms in total. The Balaban J connectivity index is 1.65. The van der Waals surface area contributed by atoms with Crippen molar-refractivity contribution in [3.8, 4) is 6.07 Å². The Morgan fingerprint density at radius 3 is 2.65 bits per heavy atom. The zero-order chi connectivity index (χ0) is 16.2. The predicted molar refractivity (Wildman–Crippen MR) is 88.9 cm³/mol. The molecule has 3 rings (SSSR count). The van der Waals surface area contributed by atoms with Crippen LogP contribution in [0.1, 0.15) is 24.1 Å². The number of hydrogen-bond donors (Lipinski definition) is 1. The summed E-state index contributed by atoms with van der Waals surface area (Å²) < 4.78 is 13.7. The third-order valence-electron chi connectivity index (χ3n) is 4.18. The zero-order valence-corrected chi connectivity index (χ0v) is 13.1. The minimum absolute atomic E-state index is 0.138. The lowest BCUT2D eigenvalue weighted by atomic mass is 10.0. The van der Waals surface area contributed by atoms with E-state index in [4.69, 9.17) is 5.26 Å². The SMILES string of the molecule is Cc1cccc(NC2CCN(c3cccc(F)c3C#N)CC2)n1. The topological polar surface area (TPSA) is 52.0 Å². The number of nitriles is 1. The first-order valence-corrected chi connectivity index (χ1v) is 7.81. The summed E-state index contributed by atoms with van der Waals surface area (Å²) in [6.45, 7) is 3.56. The van der Waals surface area contributed by atoms with Crippen molar-refractivity contribution in [2.24, 2.45) is 0 Å². The van der Waals surface area contributed by atoms with Crippen molar-refractivity contribution in [1.29, 1.82) is 5.26 Å². The molecule has 1 aliphatic heterocycles. The van der Waals surface area contributed by atoms with Crippen molar-refractivity contribution in [2.75, 3.05) is 23.3 Å². The fourth-order valence-electron chi connectivity index (χ4n) is 2.98. The molecular weight excluding hydrogens is 291 g/mol. The monoisotopic (exact) mass is 310 g/mol. The number of halogens is 1. The van der Waals surface area contributed by atoms with E-state index in [2.05, 4.69) is 15.2 Å². The summed E-state index contributed by atoms with van der Waals surface area (Å²) in [7, 11) is 0. The highest BCUT2D eigenvalue weighted by Gasteiger charge is 2.22. The maximum atomic E-state index is 13.7. The molecule has 2 aromatic rings. The molecule has 0 aliphatic carbocycles. The number of anilines is 2. The van der Waals surface area contributed by atoms with Crippen LogP contribution in [0.2, 0.25) is 0 Å². The van der Waals surface area contributed by atoms with E-state index in [0.29, 0.717) is 11.7 Å². The number of benzene rings is 1. The van der Waals surface area contributed by atoms with Gasteiger partial charge in [-0.05, 0) is 44.0 Å². The molecule has 1 fully saturated rings. The van der Waals surface area contributed by atoms with Crippen molar-refractivity contribution in [3.05, 3.63) is 53.5 Å². The second-order valence-corrected chi connectivity index (χ2v) is 5.82. The van der Waals surface area contributed by atoms with Gasteiger partial charge < -0.3 is 10.2 Å².